The smallest absolute Gasteiger partial charge is 0.141 e. The molecule has 0 saturated carbocycles. The first-order chi connectivity index (χ1) is 5.27. The summed E-state index contributed by atoms with van der Waals surface area (Å²) in [5.41, 5.74) is 0.777. The van der Waals surface area contributed by atoms with Crippen LogP contribution in [0, 0.1) is 26.2 Å². The maximum absolute atomic E-state index is 8.55. The fourth-order valence-corrected chi connectivity index (χ4v) is 1.00. The normalized spacial score (nSPS) is 8.27. The van der Waals surface area contributed by atoms with Crippen molar-refractivity contribution in [2.24, 2.45) is 0 Å². The Bertz CT molecular complexity index is 359. The van der Waals surface area contributed by atoms with E-state index in [1.165, 1.54) is 12.3 Å². The van der Waals surface area contributed by atoms with Crippen molar-refractivity contribution in [1.29, 1.82) is 10.5 Å². The van der Waals surface area contributed by atoms with Gasteiger partial charge in [-0.05, 0) is 28.7 Å². The number of hydrogen-bond acceptors (Lipinski definition) is 3. The van der Waals surface area contributed by atoms with Gasteiger partial charge in [-0.2, -0.15) is 10.5 Å². The zero-order chi connectivity index (χ0) is 8.27. The minimum atomic E-state index is 0.280. The van der Waals surface area contributed by atoms with Crippen LogP contribution in [0.5, 0.6) is 0 Å². The molecule has 1 aromatic heterocycles. The van der Waals surface area contributed by atoms with E-state index in [0.717, 1.165) is 3.57 Å². The van der Waals surface area contributed by atoms with Gasteiger partial charge in [-0.25, -0.2) is 4.98 Å². The molecule has 1 heterocycles. The molecule has 0 amide bonds. The summed E-state index contributed by atoms with van der Waals surface area (Å²) in [6.45, 7) is 0. The van der Waals surface area contributed by atoms with E-state index in [2.05, 4.69) is 4.98 Å². The largest absolute Gasteiger partial charge is 0.244 e. The molecule has 0 unspecified atom stereocenters. The maximum atomic E-state index is 8.55. The molecule has 0 radical (unpaired) electrons. The van der Waals surface area contributed by atoms with Gasteiger partial charge in [0, 0.05) is 9.77 Å². The summed E-state index contributed by atoms with van der Waals surface area (Å²) in [5, 5.41) is 17.0. The predicted molar refractivity (Wildman–Crippen MR) is 46.4 cm³/mol. The molecule has 0 aliphatic carbocycles. The fourth-order valence-electron chi connectivity index (χ4n) is 0.586. The lowest BCUT2D eigenvalue weighted by molar-refractivity contribution is 1.23. The number of aromatic nitrogens is 1. The molecule has 0 spiro atoms. The molecule has 0 aromatic carbocycles. The van der Waals surface area contributed by atoms with Crippen LogP contribution in [0.1, 0.15) is 11.3 Å². The summed E-state index contributed by atoms with van der Waals surface area (Å²) in [6.07, 6.45) is 1.51. The third-order valence-electron chi connectivity index (χ3n) is 1.09. The summed E-state index contributed by atoms with van der Waals surface area (Å²) >= 11 is 2.00. The Kier molecular flexibility index (Phi) is 2.40. The summed E-state index contributed by atoms with van der Waals surface area (Å²) in [6, 6.07) is 5.31. The Morgan fingerprint density at radius 2 is 2.09 bits per heavy atom. The first-order valence-corrected chi connectivity index (χ1v) is 3.81. The molecule has 3 nitrogen and oxygen atoms in total. The van der Waals surface area contributed by atoms with Gasteiger partial charge in [0.2, 0.25) is 0 Å². The zero-order valence-corrected chi connectivity index (χ0v) is 7.53. The van der Waals surface area contributed by atoms with Crippen LogP contribution >= 0.6 is 22.6 Å². The van der Waals surface area contributed by atoms with Gasteiger partial charge in [0.1, 0.15) is 17.8 Å². The molecule has 1 aromatic rings. The van der Waals surface area contributed by atoms with E-state index in [1.54, 1.807) is 0 Å². The van der Waals surface area contributed by atoms with Crippen LogP contribution in [0.3, 0.4) is 0 Å². The number of nitrogens with zero attached hydrogens (tertiary/aromatic N) is 3. The van der Waals surface area contributed by atoms with Gasteiger partial charge in [-0.3, -0.25) is 0 Å². The summed E-state index contributed by atoms with van der Waals surface area (Å²) in [7, 11) is 0. The molecular weight excluding hydrogens is 253 g/mol. The number of hydrogen-bond donors (Lipinski definition) is 0. The van der Waals surface area contributed by atoms with E-state index in [-0.39, 0.29) is 5.69 Å². The van der Waals surface area contributed by atoms with Crippen molar-refractivity contribution in [3.05, 3.63) is 27.1 Å². The molecule has 0 aliphatic rings. The Hall–Kier alpha value is -1.14. The van der Waals surface area contributed by atoms with Crippen LogP contribution in [0.25, 0.3) is 0 Å². The maximum Gasteiger partial charge on any atom is 0.141 e. The second-order valence-corrected chi connectivity index (χ2v) is 2.94. The van der Waals surface area contributed by atoms with Crippen LogP contribution in [-0.2, 0) is 0 Å². The van der Waals surface area contributed by atoms with Gasteiger partial charge >= 0.3 is 0 Å². The predicted octanol–water partition coefficient (Wildman–Crippen LogP) is 1.43. The van der Waals surface area contributed by atoms with Crippen LogP contribution < -0.4 is 0 Å². The number of nitriles is 2. The Morgan fingerprint density at radius 3 is 2.64 bits per heavy atom. The minimum Gasteiger partial charge on any atom is -0.244 e. The van der Waals surface area contributed by atoms with Crippen molar-refractivity contribution in [2.45, 2.75) is 0 Å². The van der Waals surface area contributed by atoms with E-state index in [0.29, 0.717) is 5.56 Å². The van der Waals surface area contributed by atoms with E-state index in [4.69, 9.17) is 10.5 Å². The van der Waals surface area contributed by atoms with E-state index >= 15 is 0 Å². The zero-order valence-electron chi connectivity index (χ0n) is 5.37. The molecule has 0 bridgehead atoms. The van der Waals surface area contributed by atoms with Crippen LogP contribution in [0.4, 0.5) is 0 Å². The Morgan fingerprint density at radius 1 is 1.36 bits per heavy atom. The van der Waals surface area contributed by atoms with Gasteiger partial charge in [-0.1, -0.05) is 0 Å². The second-order valence-electron chi connectivity index (χ2n) is 1.77. The lowest BCUT2D eigenvalue weighted by Gasteiger charge is -1.92. The van der Waals surface area contributed by atoms with Crippen molar-refractivity contribution >= 4 is 22.6 Å². The highest BCUT2D eigenvalue weighted by Gasteiger charge is 1.99. The SMILES string of the molecule is N#Cc1cc(C#N)c(I)cn1. The lowest BCUT2D eigenvalue weighted by Crippen LogP contribution is -1.87. The molecule has 0 N–H and O–H groups in total. The standard InChI is InChI=1S/C7H2IN3/c8-7-4-11-6(3-10)1-5(7)2-9/h1,4H. The molecule has 0 saturated heterocycles. The summed E-state index contributed by atoms with van der Waals surface area (Å²) in [4.78, 5) is 3.79. The Labute approximate surface area is 77.4 Å². The lowest BCUT2D eigenvalue weighted by atomic mass is 10.2. The van der Waals surface area contributed by atoms with Gasteiger partial charge < -0.3 is 0 Å². The van der Waals surface area contributed by atoms with Gasteiger partial charge in [0.15, 0.2) is 0 Å². The van der Waals surface area contributed by atoms with Crippen LogP contribution in [0.2, 0.25) is 0 Å². The van der Waals surface area contributed by atoms with Crippen molar-refractivity contribution in [1.82, 2.24) is 4.98 Å². The minimum absolute atomic E-state index is 0.280. The van der Waals surface area contributed by atoms with Gasteiger partial charge in [0.05, 0.1) is 5.56 Å². The molecule has 0 fully saturated rings. The molecule has 0 atom stereocenters. The van der Waals surface area contributed by atoms with Gasteiger partial charge in [-0.15, -0.1) is 0 Å². The van der Waals surface area contributed by atoms with E-state index in [9.17, 15) is 0 Å². The third kappa shape index (κ3) is 1.66. The van der Waals surface area contributed by atoms with Crippen molar-refractivity contribution in [3.63, 3.8) is 0 Å². The second kappa shape index (κ2) is 3.31. The van der Waals surface area contributed by atoms with Crippen molar-refractivity contribution < 1.29 is 0 Å². The quantitative estimate of drug-likeness (QED) is 0.659. The van der Waals surface area contributed by atoms with Crippen LogP contribution in [-0.4, -0.2) is 4.98 Å². The highest BCUT2D eigenvalue weighted by molar-refractivity contribution is 14.1. The monoisotopic (exact) mass is 255 g/mol. The molecule has 0 aliphatic heterocycles. The molecular formula is C7H2IN3. The number of halogens is 1. The number of rotatable bonds is 0. The highest BCUT2D eigenvalue weighted by Crippen LogP contribution is 2.09. The summed E-state index contributed by atoms with van der Waals surface area (Å²) < 4.78 is 0.768. The molecule has 1 rings (SSSR count). The highest BCUT2D eigenvalue weighted by atomic mass is 127. The molecule has 52 valence electrons. The average Bonchev–Trinajstić information content (AvgIpc) is 2.05. The first kappa shape index (κ1) is 7.96. The fraction of sp³-hybridized carbons (Fsp3) is 0. The molecule has 11 heavy (non-hydrogen) atoms. The topological polar surface area (TPSA) is 60.5 Å². The van der Waals surface area contributed by atoms with E-state index in [1.807, 2.05) is 34.7 Å². The first-order valence-electron chi connectivity index (χ1n) is 2.73. The van der Waals surface area contributed by atoms with E-state index < -0.39 is 0 Å². The molecule has 4 heteroatoms. The third-order valence-corrected chi connectivity index (χ3v) is 1.95. The van der Waals surface area contributed by atoms with Gasteiger partial charge in [0.25, 0.3) is 0 Å². The van der Waals surface area contributed by atoms with Crippen LogP contribution in [0.15, 0.2) is 12.3 Å². The summed E-state index contributed by atoms with van der Waals surface area (Å²) in [5.74, 6) is 0. The number of pyridine rings is 1. The Balaban J connectivity index is 3.29. The van der Waals surface area contributed by atoms with Crippen molar-refractivity contribution in [3.8, 4) is 12.1 Å². The average molecular weight is 255 g/mol. The van der Waals surface area contributed by atoms with Crippen molar-refractivity contribution in [2.75, 3.05) is 0 Å².